The van der Waals surface area contributed by atoms with Gasteiger partial charge in [0.1, 0.15) is 0 Å². The van der Waals surface area contributed by atoms with Crippen LogP contribution in [-0.4, -0.2) is 47.2 Å². The molecule has 5 nitrogen and oxygen atoms in total. The number of nitrogens with zero attached hydrogens (tertiary/aromatic N) is 1. The normalized spacial score (nSPS) is 21.2. The van der Waals surface area contributed by atoms with E-state index < -0.39 is 0 Å². The van der Waals surface area contributed by atoms with Crippen molar-refractivity contribution in [2.75, 3.05) is 18.6 Å². The second-order valence-corrected chi connectivity index (χ2v) is 6.11. The zero-order valence-electron chi connectivity index (χ0n) is 11.0. The minimum absolute atomic E-state index is 0.185. The highest BCUT2D eigenvalue weighted by Crippen LogP contribution is 2.23. The minimum atomic E-state index is -0.351. The maximum Gasteiger partial charge on any atom is 0.261 e. The molecule has 1 aromatic rings. The van der Waals surface area contributed by atoms with Gasteiger partial charge < -0.3 is 5.32 Å². The molecule has 104 valence electrons. The Morgan fingerprint density at radius 1 is 1.30 bits per heavy atom. The third-order valence-electron chi connectivity index (χ3n) is 3.62. The molecule has 1 unspecified atom stereocenters. The van der Waals surface area contributed by atoms with Gasteiger partial charge in [0, 0.05) is 24.4 Å². The number of nitrogens with one attached hydrogen (secondary N) is 1. The van der Waals surface area contributed by atoms with E-state index in [4.69, 9.17) is 0 Å². The van der Waals surface area contributed by atoms with Crippen molar-refractivity contribution in [2.24, 2.45) is 0 Å². The van der Waals surface area contributed by atoms with E-state index >= 15 is 0 Å². The summed E-state index contributed by atoms with van der Waals surface area (Å²) in [7, 11) is 1.44. The summed E-state index contributed by atoms with van der Waals surface area (Å²) in [6.07, 6.45) is 0.974. The highest BCUT2D eigenvalue weighted by molar-refractivity contribution is 7.99. The van der Waals surface area contributed by atoms with Gasteiger partial charge in [-0.15, -0.1) is 0 Å². The summed E-state index contributed by atoms with van der Waals surface area (Å²) in [5.74, 6) is 1.14. The van der Waals surface area contributed by atoms with Crippen molar-refractivity contribution in [1.29, 1.82) is 0 Å². The van der Waals surface area contributed by atoms with Crippen molar-refractivity contribution in [1.82, 2.24) is 10.2 Å². The van der Waals surface area contributed by atoms with Gasteiger partial charge in [-0.3, -0.25) is 19.3 Å². The van der Waals surface area contributed by atoms with Crippen LogP contribution in [0.5, 0.6) is 0 Å². The molecular formula is C14H14N2O3S. The van der Waals surface area contributed by atoms with Crippen LogP contribution in [0, 0.1) is 0 Å². The van der Waals surface area contributed by atoms with Crippen molar-refractivity contribution < 1.29 is 14.4 Å². The summed E-state index contributed by atoms with van der Waals surface area (Å²) in [5.41, 5.74) is 1.11. The quantitative estimate of drug-likeness (QED) is 0.830. The van der Waals surface area contributed by atoms with Crippen LogP contribution in [-0.2, 0) is 0 Å². The van der Waals surface area contributed by atoms with Gasteiger partial charge in [0.05, 0.1) is 11.1 Å². The summed E-state index contributed by atoms with van der Waals surface area (Å²) in [4.78, 5) is 36.9. The number of fused-ring (bicyclic) bond motifs is 1. The van der Waals surface area contributed by atoms with E-state index in [9.17, 15) is 14.4 Å². The first-order valence-corrected chi connectivity index (χ1v) is 7.58. The predicted octanol–water partition coefficient (Wildman–Crippen LogP) is 1.15. The highest BCUT2D eigenvalue weighted by Gasteiger charge is 2.33. The molecule has 0 aromatic heterocycles. The Balaban J connectivity index is 1.84. The van der Waals surface area contributed by atoms with Gasteiger partial charge in [-0.2, -0.15) is 11.8 Å². The number of carbonyl (C=O) groups is 3. The molecule has 0 aliphatic carbocycles. The number of benzene rings is 1. The Morgan fingerprint density at radius 2 is 2.05 bits per heavy atom. The van der Waals surface area contributed by atoms with Gasteiger partial charge in [-0.1, -0.05) is 0 Å². The van der Waals surface area contributed by atoms with Crippen molar-refractivity contribution in [3.8, 4) is 0 Å². The molecule has 2 aliphatic heterocycles. The lowest BCUT2D eigenvalue weighted by atomic mass is 10.0. The number of imide groups is 1. The molecule has 0 saturated carbocycles. The smallest absolute Gasteiger partial charge is 0.261 e. The fraction of sp³-hybridized carbons (Fsp3) is 0.357. The van der Waals surface area contributed by atoms with E-state index in [-0.39, 0.29) is 23.8 Å². The average Bonchev–Trinajstić information content (AvgIpc) is 3.03. The van der Waals surface area contributed by atoms with Crippen molar-refractivity contribution in [3.05, 3.63) is 34.9 Å². The topological polar surface area (TPSA) is 66.5 Å². The van der Waals surface area contributed by atoms with E-state index in [0.29, 0.717) is 16.7 Å². The molecule has 6 heteroatoms. The standard InChI is InChI=1S/C14H14N2O3S/c1-16-13(18)10-3-2-8(6-11(10)14(16)19)12(17)15-9-4-5-20-7-9/h2-3,6,9H,4-5,7H2,1H3,(H,15,17). The monoisotopic (exact) mass is 290 g/mol. The van der Waals surface area contributed by atoms with Crippen LogP contribution in [0.4, 0.5) is 0 Å². The van der Waals surface area contributed by atoms with Crippen LogP contribution < -0.4 is 5.32 Å². The van der Waals surface area contributed by atoms with Gasteiger partial charge in [0.2, 0.25) is 0 Å². The summed E-state index contributed by atoms with van der Waals surface area (Å²) < 4.78 is 0. The molecule has 0 bridgehead atoms. The third kappa shape index (κ3) is 2.10. The molecule has 3 rings (SSSR count). The lowest BCUT2D eigenvalue weighted by molar-refractivity contribution is 0.0693. The fourth-order valence-corrected chi connectivity index (χ4v) is 3.57. The number of hydrogen-bond donors (Lipinski definition) is 1. The molecular weight excluding hydrogens is 276 g/mol. The molecule has 0 spiro atoms. The Hall–Kier alpha value is -1.82. The van der Waals surface area contributed by atoms with Crippen LogP contribution in [0.15, 0.2) is 18.2 Å². The lowest BCUT2D eigenvalue weighted by Crippen LogP contribution is -2.34. The second-order valence-electron chi connectivity index (χ2n) is 4.96. The molecule has 2 aliphatic rings. The first-order chi connectivity index (χ1) is 9.58. The summed E-state index contributed by atoms with van der Waals surface area (Å²) in [6, 6.07) is 4.86. The van der Waals surface area contributed by atoms with Crippen LogP contribution in [0.3, 0.4) is 0 Å². The first-order valence-electron chi connectivity index (χ1n) is 6.43. The Kier molecular flexibility index (Phi) is 3.25. The van der Waals surface area contributed by atoms with E-state index in [0.717, 1.165) is 22.8 Å². The van der Waals surface area contributed by atoms with Gasteiger partial charge in [-0.25, -0.2) is 0 Å². The molecule has 2 heterocycles. The molecule has 0 radical (unpaired) electrons. The number of thioether (sulfide) groups is 1. The summed E-state index contributed by atoms with van der Waals surface area (Å²) >= 11 is 1.82. The number of rotatable bonds is 2. The zero-order valence-corrected chi connectivity index (χ0v) is 11.8. The van der Waals surface area contributed by atoms with Crippen LogP contribution in [0.25, 0.3) is 0 Å². The molecule has 1 fully saturated rings. The number of carbonyl (C=O) groups excluding carboxylic acids is 3. The van der Waals surface area contributed by atoms with Crippen LogP contribution in [0.1, 0.15) is 37.5 Å². The van der Waals surface area contributed by atoms with Gasteiger partial charge >= 0.3 is 0 Å². The molecule has 20 heavy (non-hydrogen) atoms. The molecule has 1 atom stereocenters. The number of amides is 3. The maximum absolute atomic E-state index is 12.1. The van der Waals surface area contributed by atoms with E-state index in [1.165, 1.54) is 13.1 Å². The Bertz CT molecular complexity index is 608. The summed E-state index contributed by atoms with van der Waals surface area (Å²) in [6.45, 7) is 0. The summed E-state index contributed by atoms with van der Waals surface area (Å²) in [5, 5.41) is 2.95. The number of hydrogen-bond acceptors (Lipinski definition) is 4. The van der Waals surface area contributed by atoms with E-state index in [1.807, 2.05) is 11.8 Å². The zero-order chi connectivity index (χ0) is 14.3. The van der Waals surface area contributed by atoms with E-state index in [2.05, 4.69) is 5.32 Å². The third-order valence-corrected chi connectivity index (χ3v) is 4.78. The van der Waals surface area contributed by atoms with Crippen molar-refractivity contribution in [3.63, 3.8) is 0 Å². The van der Waals surface area contributed by atoms with Gasteiger partial charge in [0.25, 0.3) is 17.7 Å². The molecule has 1 aromatic carbocycles. The van der Waals surface area contributed by atoms with Gasteiger partial charge in [-0.05, 0) is 30.4 Å². The average molecular weight is 290 g/mol. The van der Waals surface area contributed by atoms with E-state index in [1.54, 1.807) is 12.1 Å². The fourth-order valence-electron chi connectivity index (χ4n) is 2.42. The van der Waals surface area contributed by atoms with Crippen LogP contribution >= 0.6 is 11.8 Å². The first kappa shape index (κ1) is 13.2. The maximum atomic E-state index is 12.1. The minimum Gasteiger partial charge on any atom is -0.348 e. The molecule has 1 N–H and O–H groups in total. The van der Waals surface area contributed by atoms with Crippen molar-refractivity contribution >= 4 is 29.5 Å². The Morgan fingerprint density at radius 3 is 2.75 bits per heavy atom. The SMILES string of the molecule is CN1C(=O)c2ccc(C(=O)NC3CCSC3)cc2C1=O. The van der Waals surface area contributed by atoms with Crippen molar-refractivity contribution in [2.45, 2.75) is 12.5 Å². The lowest BCUT2D eigenvalue weighted by Gasteiger charge is -2.11. The van der Waals surface area contributed by atoms with Gasteiger partial charge in [0.15, 0.2) is 0 Å². The molecule has 3 amide bonds. The largest absolute Gasteiger partial charge is 0.348 e. The predicted molar refractivity (Wildman–Crippen MR) is 76.1 cm³/mol. The molecule has 1 saturated heterocycles. The highest BCUT2D eigenvalue weighted by atomic mass is 32.2. The Labute approximate surface area is 120 Å². The second kappa shape index (κ2) is 4.94. The van der Waals surface area contributed by atoms with Crippen LogP contribution in [0.2, 0.25) is 0 Å².